The third-order valence-electron chi connectivity index (χ3n) is 2.55. The maximum Gasteiger partial charge on any atom is 0.105 e. The number of aliphatic hydroxyl groups excluding tert-OH is 1. The Morgan fingerprint density at radius 3 is 3.00 bits per heavy atom. The van der Waals surface area contributed by atoms with Crippen molar-refractivity contribution in [1.82, 2.24) is 14.9 Å². The quantitative estimate of drug-likeness (QED) is 0.665. The van der Waals surface area contributed by atoms with E-state index in [4.69, 9.17) is 9.84 Å². The summed E-state index contributed by atoms with van der Waals surface area (Å²) in [5, 5.41) is 12.2. The number of hydrogen-bond acceptors (Lipinski definition) is 4. The molecular formula is C11H21N3O2. The number of ether oxygens (including phenoxy) is 1. The van der Waals surface area contributed by atoms with E-state index in [-0.39, 0.29) is 12.6 Å². The fraction of sp³-hybridized carbons (Fsp3) is 0.727. The van der Waals surface area contributed by atoms with Crippen LogP contribution in [0.4, 0.5) is 0 Å². The number of aromatic nitrogens is 2. The Balaban J connectivity index is 2.24. The average molecular weight is 227 g/mol. The van der Waals surface area contributed by atoms with Crippen LogP contribution in [0.1, 0.15) is 12.2 Å². The SMILES string of the molecule is COCC(CCO)NCCn1ccnc1C. The van der Waals surface area contributed by atoms with Crippen LogP contribution in [-0.4, -0.2) is 47.6 Å². The van der Waals surface area contributed by atoms with Crippen molar-refractivity contribution in [1.29, 1.82) is 0 Å². The Labute approximate surface area is 96.4 Å². The first kappa shape index (κ1) is 13.2. The van der Waals surface area contributed by atoms with Gasteiger partial charge < -0.3 is 19.7 Å². The Morgan fingerprint density at radius 1 is 1.62 bits per heavy atom. The van der Waals surface area contributed by atoms with Gasteiger partial charge in [0.2, 0.25) is 0 Å². The molecular weight excluding hydrogens is 206 g/mol. The lowest BCUT2D eigenvalue weighted by Gasteiger charge is -2.17. The summed E-state index contributed by atoms with van der Waals surface area (Å²) in [4.78, 5) is 4.16. The van der Waals surface area contributed by atoms with Crippen molar-refractivity contribution in [3.63, 3.8) is 0 Å². The predicted octanol–water partition coefficient (Wildman–Crippen LogP) is 0.179. The van der Waals surface area contributed by atoms with Crippen LogP contribution in [0.3, 0.4) is 0 Å². The minimum atomic E-state index is 0.186. The maximum absolute atomic E-state index is 8.88. The molecule has 92 valence electrons. The van der Waals surface area contributed by atoms with Gasteiger partial charge in [0.15, 0.2) is 0 Å². The standard InChI is InChI=1S/C11H21N3O2/c1-10-12-4-6-14(10)7-5-13-11(3-8-15)9-16-2/h4,6,11,13,15H,3,5,7-9H2,1-2H3. The molecule has 0 radical (unpaired) electrons. The summed E-state index contributed by atoms with van der Waals surface area (Å²) in [6, 6.07) is 0.221. The first-order valence-corrected chi connectivity index (χ1v) is 5.59. The van der Waals surface area contributed by atoms with Crippen LogP contribution in [0.25, 0.3) is 0 Å². The zero-order valence-electron chi connectivity index (χ0n) is 10.0. The van der Waals surface area contributed by atoms with Gasteiger partial charge in [-0.25, -0.2) is 4.98 Å². The molecule has 0 aliphatic carbocycles. The van der Waals surface area contributed by atoms with E-state index in [1.807, 2.05) is 13.1 Å². The van der Waals surface area contributed by atoms with Gasteiger partial charge in [-0.1, -0.05) is 0 Å². The van der Waals surface area contributed by atoms with Gasteiger partial charge in [0, 0.05) is 45.2 Å². The van der Waals surface area contributed by atoms with Gasteiger partial charge in [-0.3, -0.25) is 0 Å². The molecule has 1 atom stereocenters. The molecule has 0 saturated heterocycles. The van der Waals surface area contributed by atoms with Gasteiger partial charge in [0.25, 0.3) is 0 Å². The molecule has 1 aromatic heterocycles. The third kappa shape index (κ3) is 4.30. The number of nitrogens with zero attached hydrogens (tertiary/aromatic N) is 2. The predicted molar refractivity (Wildman–Crippen MR) is 62.3 cm³/mol. The van der Waals surface area contributed by atoms with Gasteiger partial charge in [-0.15, -0.1) is 0 Å². The molecule has 2 N–H and O–H groups in total. The van der Waals surface area contributed by atoms with Crippen LogP contribution in [0, 0.1) is 6.92 Å². The molecule has 1 rings (SSSR count). The summed E-state index contributed by atoms with van der Waals surface area (Å²) in [5.41, 5.74) is 0. The third-order valence-corrected chi connectivity index (χ3v) is 2.55. The fourth-order valence-corrected chi connectivity index (χ4v) is 1.63. The molecule has 0 fully saturated rings. The lowest BCUT2D eigenvalue weighted by molar-refractivity contribution is 0.148. The van der Waals surface area contributed by atoms with E-state index in [0.29, 0.717) is 6.61 Å². The highest BCUT2D eigenvalue weighted by atomic mass is 16.5. The average Bonchev–Trinajstić information content (AvgIpc) is 2.65. The van der Waals surface area contributed by atoms with Gasteiger partial charge >= 0.3 is 0 Å². The van der Waals surface area contributed by atoms with Crippen molar-refractivity contribution in [3.8, 4) is 0 Å². The Bertz CT molecular complexity index is 283. The normalized spacial score (nSPS) is 12.9. The van der Waals surface area contributed by atoms with Crippen molar-refractivity contribution < 1.29 is 9.84 Å². The molecule has 0 amide bonds. The number of aliphatic hydroxyl groups is 1. The van der Waals surface area contributed by atoms with Crippen LogP contribution in [0.2, 0.25) is 0 Å². The molecule has 5 nitrogen and oxygen atoms in total. The number of aryl methyl sites for hydroxylation is 1. The number of nitrogens with one attached hydrogen (secondary N) is 1. The Hall–Kier alpha value is -0.910. The van der Waals surface area contributed by atoms with Crippen molar-refractivity contribution >= 4 is 0 Å². The summed E-state index contributed by atoms with van der Waals surface area (Å²) in [5.74, 6) is 1.02. The highest BCUT2D eigenvalue weighted by Crippen LogP contribution is 1.95. The molecule has 0 aromatic carbocycles. The summed E-state index contributed by atoms with van der Waals surface area (Å²) >= 11 is 0. The molecule has 0 spiro atoms. The van der Waals surface area contributed by atoms with Crippen molar-refractivity contribution in [2.24, 2.45) is 0 Å². The van der Waals surface area contributed by atoms with Gasteiger partial charge in [-0.2, -0.15) is 0 Å². The van der Waals surface area contributed by atoms with Crippen LogP contribution >= 0.6 is 0 Å². The number of methoxy groups -OCH3 is 1. The van der Waals surface area contributed by atoms with E-state index < -0.39 is 0 Å². The van der Waals surface area contributed by atoms with E-state index in [1.165, 1.54) is 0 Å². The lowest BCUT2D eigenvalue weighted by atomic mass is 10.2. The maximum atomic E-state index is 8.88. The second-order valence-electron chi connectivity index (χ2n) is 3.79. The Kier molecular flexibility index (Phi) is 6.07. The number of imidazole rings is 1. The molecule has 16 heavy (non-hydrogen) atoms. The fourth-order valence-electron chi connectivity index (χ4n) is 1.63. The van der Waals surface area contributed by atoms with Gasteiger partial charge in [0.05, 0.1) is 6.61 Å². The molecule has 0 aliphatic heterocycles. The van der Waals surface area contributed by atoms with E-state index in [0.717, 1.165) is 25.3 Å². The first-order chi connectivity index (χ1) is 7.77. The Morgan fingerprint density at radius 2 is 2.44 bits per heavy atom. The van der Waals surface area contributed by atoms with E-state index in [9.17, 15) is 0 Å². The molecule has 1 heterocycles. The topological polar surface area (TPSA) is 59.3 Å². The van der Waals surface area contributed by atoms with Crippen LogP contribution < -0.4 is 5.32 Å². The largest absolute Gasteiger partial charge is 0.396 e. The molecule has 0 aliphatic rings. The van der Waals surface area contributed by atoms with Crippen molar-refractivity contribution in [3.05, 3.63) is 18.2 Å². The van der Waals surface area contributed by atoms with E-state index in [1.54, 1.807) is 13.3 Å². The van der Waals surface area contributed by atoms with Crippen molar-refractivity contribution in [2.75, 3.05) is 26.9 Å². The minimum Gasteiger partial charge on any atom is -0.396 e. The van der Waals surface area contributed by atoms with Crippen LogP contribution in [0.15, 0.2) is 12.4 Å². The minimum absolute atomic E-state index is 0.186. The van der Waals surface area contributed by atoms with Gasteiger partial charge in [0.1, 0.15) is 5.82 Å². The van der Waals surface area contributed by atoms with E-state index >= 15 is 0 Å². The van der Waals surface area contributed by atoms with E-state index in [2.05, 4.69) is 14.9 Å². The summed E-state index contributed by atoms with van der Waals surface area (Å²) in [6.45, 7) is 4.54. The molecule has 0 saturated carbocycles. The number of hydrogen-bond donors (Lipinski definition) is 2. The summed E-state index contributed by atoms with van der Waals surface area (Å²) < 4.78 is 7.17. The molecule has 5 heteroatoms. The second kappa shape index (κ2) is 7.38. The monoisotopic (exact) mass is 227 g/mol. The smallest absolute Gasteiger partial charge is 0.105 e. The summed E-state index contributed by atoms with van der Waals surface area (Å²) in [7, 11) is 1.67. The lowest BCUT2D eigenvalue weighted by Crippen LogP contribution is -2.36. The highest BCUT2D eigenvalue weighted by molar-refractivity contribution is 4.88. The highest BCUT2D eigenvalue weighted by Gasteiger charge is 2.06. The van der Waals surface area contributed by atoms with Crippen LogP contribution in [-0.2, 0) is 11.3 Å². The number of rotatable bonds is 8. The molecule has 0 bridgehead atoms. The van der Waals surface area contributed by atoms with Gasteiger partial charge in [-0.05, 0) is 13.3 Å². The zero-order chi connectivity index (χ0) is 11.8. The second-order valence-corrected chi connectivity index (χ2v) is 3.79. The zero-order valence-corrected chi connectivity index (χ0v) is 10.0. The van der Waals surface area contributed by atoms with Crippen LogP contribution in [0.5, 0.6) is 0 Å². The molecule has 1 aromatic rings. The molecule has 1 unspecified atom stereocenters. The first-order valence-electron chi connectivity index (χ1n) is 5.59. The van der Waals surface area contributed by atoms with Crippen molar-refractivity contribution in [2.45, 2.75) is 25.9 Å². The summed E-state index contributed by atoms with van der Waals surface area (Å²) in [6.07, 6.45) is 4.49.